The molecule has 1 N–H and O–H groups in total. The van der Waals surface area contributed by atoms with Crippen molar-refractivity contribution >= 4 is 0 Å². The Hall–Kier alpha value is -1.64. The van der Waals surface area contributed by atoms with Crippen molar-refractivity contribution in [1.82, 2.24) is 0 Å². The number of ether oxygens (including phenoxy) is 1. The van der Waals surface area contributed by atoms with Crippen molar-refractivity contribution in [2.45, 2.75) is 18.8 Å². The highest BCUT2D eigenvalue weighted by molar-refractivity contribution is 5.32. The zero-order valence-electron chi connectivity index (χ0n) is 9.41. The molecular formula is C15H14O2. The van der Waals surface area contributed by atoms with E-state index >= 15 is 0 Å². The van der Waals surface area contributed by atoms with Crippen LogP contribution in [0.25, 0.3) is 0 Å². The summed E-state index contributed by atoms with van der Waals surface area (Å²) < 4.78 is 5.65. The Morgan fingerprint density at radius 2 is 1.65 bits per heavy atom. The van der Waals surface area contributed by atoms with E-state index in [9.17, 15) is 5.11 Å². The maximum atomic E-state index is 9.97. The highest BCUT2D eigenvalue weighted by Gasteiger charge is 2.26. The highest BCUT2D eigenvalue weighted by Crippen LogP contribution is 2.35. The summed E-state index contributed by atoms with van der Waals surface area (Å²) in [5.41, 5.74) is 3.17. The van der Waals surface area contributed by atoms with Crippen LogP contribution in [0.15, 0.2) is 54.6 Å². The average Bonchev–Trinajstić information content (AvgIpc) is 2.40. The first kappa shape index (κ1) is 10.5. The van der Waals surface area contributed by atoms with Crippen LogP contribution < -0.4 is 0 Å². The normalized spacial score (nSPS) is 23.1. The lowest BCUT2D eigenvalue weighted by atomic mass is 9.94. The first-order valence-corrected chi connectivity index (χ1v) is 5.81. The van der Waals surface area contributed by atoms with E-state index in [-0.39, 0.29) is 6.10 Å². The van der Waals surface area contributed by atoms with Gasteiger partial charge >= 0.3 is 0 Å². The molecule has 2 atom stereocenters. The van der Waals surface area contributed by atoms with E-state index in [4.69, 9.17) is 4.74 Å². The summed E-state index contributed by atoms with van der Waals surface area (Å²) in [5, 5.41) is 9.97. The van der Waals surface area contributed by atoms with E-state index in [0.29, 0.717) is 0 Å². The largest absolute Gasteiger partial charge is 0.364 e. The summed E-state index contributed by atoms with van der Waals surface area (Å²) in [4.78, 5) is 0. The molecule has 17 heavy (non-hydrogen) atoms. The Kier molecular flexibility index (Phi) is 2.67. The van der Waals surface area contributed by atoms with Crippen LogP contribution in [0.3, 0.4) is 0 Å². The van der Waals surface area contributed by atoms with Crippen LogP contribution in [0.4, 0.5) is 0 Å². The molecule has 0 saturated carbocycles. The van der Waals surface area contributed by atoms with Crippen molar-refractivity contribution in [3.63, 3.8) is 0 Å². The van der Waals surface area contributed by atoms with Crippen molar-refractivity contribution in [1.29, 1.82) is 0 Å². The van der Waals surface area contributed by atoms with Gasteiger partial charge in [-0.2, -0.15) is 0 Å². The maximum Gasteiger partial charge on any atom is 0.182 e. The van der Waals surface area contributed by atoms with E-state index in [2.05, 4.69) is 6.07 Å². The van der Waals surface area contributed by atoms with Gasteiger partial charge in [0, 0.05) is 12.0 Å². The van der Waals surface area contributed by atoms with Gasteiger partial charge in [0.1, 0.15) is 0 Å². The summed E-state index contributed by atoms with van der Waals surface area (Å²) >= 11 is 0. The first-order valence-electron chi connectivity index (χ1n) is 5.81. The predicted octanol–water partition coefficient (Wildman–Crippen LogP) is 2.99. The van der Waals surface area contributed by atoms with Gasteiger partial charge < -0.3 is 9.84 Å². The van der Waals surface area contributed by atoms with Gasteiger partial charge in [-0.1, -0.05) is 54.6 Å². The number of benzene rings is 2. The fraction of sp³-hybridized carbons (Fsp3) is 0.200. The molecule has 1 aliphatic heterocycles. The maximum absolute atomic E-state index is 9.97. The Morgan fingerprint density at radius 3 is 2.47 bits per heavy atom. The van der Waals surface area contributed by atoms with E-state index in [0.717, 1.165) is 17.5 Å². The molecule has 0 bridgehead atoms. The third-order valence-corrected chi connectivity index (χ3v) is 3.19. The molecule has 2 heteroatoms. The topological polar surface area (TPSA) is 29.5 Å². The molecule has 1 aliphatic rings. The van der Waals surface area contributed by atoms with Crippen LogP contribution in [0, 0.1) is 0 Å². The third-order valence-electron chi connectivity index (χ3n) is 3.19. The fourth-order valence-electron chi connectivity index (χ4n) is 2.30. The molecule has 86 valence electrons. The molecule has 3 rings (SSSR count). The van der Waals surface area contributed by atoms with Crippen LogP contribution in [0.2, 0.25) is 0 Å². The average molecular weight is 226 g/mol. The molecule has 2 aromatic rings. The summed E-state index contributed by atoms with van der Waals surface area (Å²) in [5.74, 6) is 0. The van der Waals surface area contributed by atoms with Gasteiger partial charge in [-0.3, -0.25) is 0 Å². The Labute approximate surface area is 100 Å². The molecule has 0 saturated heterocycles. The number of rotatable bonds is 1. The van der Waals surface area contributed by atoms with Crippen LogP contribution in [0.5, 0.6) is 0 Å². The second kappa shape index (κ2) is 4.32. The van der Waals surface area contributed by atoms with Crippen LogP contribution in [-0.4, -0.2) is 5.11 Å². The first-order chi connectivity index (χ1) is 8.34. The molecule has 1 heterocycles. The van der Waals surface area contributed by atoms with Gasteiger partial charge in [0.2, 0.25) is 0 Å². The zero-order valence-corrected chi connectivity index (χ0v) is 9.41. The number of hydrogen-bond donors (Lipinski definition) is 1. The van der Waals surface area contributed by atoms with Crippen LogP contribution in [0.1, 0.15) is 29.1 Å². The molecule has 0 radical (unpaired) electrons. The summed E-state index contributed by atoms with van der Waals surface area (Å²) in [6.45, 7) is 0. The molecule has 2 nitrogen and oxygen atoms in total. The Bertz CT molecular complexity index is 507. The molecule has 0 spiro atoms. The summed E-state index contributed by atoms with van der Waals surface area (Å²) in [6.07, 6.45) is -0.0525. The quantitative estimate of drug-likeness (QED) is 0.810. The number of fused-ring (bicyclic) bond motifs is 1. The highest BCUT2D eigenvalue weighted by atomic mass is 16.6. The number of aliphatic hydroxyl groups excluding tert-OH is 1. The van der Waals surface area contributed by atoms with E-state index in [1.54, 1.807) is 0 Å². The lowest BCUT2D eigenvalue weighted by Gasteiger charge is -2.29. The molecule has 0 aromatic heterocycles. The van der Waals surface area contributed by atoms with Gasteiger partial charge in [-0.05, 0) is 11.1 Å². The lowest BCUT2D eigenvalue weighted by Crippen LogP contribution is -2.19. The zero-order chi connectivity index (χ0) is 11.7. The van der Waals surface area contributed by atoms with E-state index in [1.165, 1.54) is 5.56 Å². The predicted molar refractivity (Wildman–Crippen MR) is 65.4 cm³/mol. The number of hydrogen-bond acceptors (Lipinski definition) is 2. The second-order valence-corrected chi connectivity index (χ2v) is 4.29. The van der Waals surface area contributed by atoms with Crippen molar-refractivity contribution < 1.29 is 9.84 Å². The SMILES string of the molecule is O[C@H]1O[C@@H](c2ccccc2)Cc2ccccc21. The molecular weight excluding hydrogens is 212 g/mol. The number of aliphatic hydroxyl groups is 1. The monoisotopic (exact) mass is 226 g/mol. The van der Waals surface area contributed by atoms with Gasteiger partial charge in [-0.15, -0.1) is 0 Å². The van der Waals surface area contributed by atoms with Crippen molar-refractivity contribution in [3.05, 3.63) is 71.3 Å². The van der Waals surface area contributed by atoms with Gasteiger partial charge in [0.25, 0.3) is 0 Å². The fourth-order valence-corrected chi connectivity index (χ4v) is 2.30. The smallest absolute Gasteiger partial charge is 0.182 e. The standard InChI is InChI=1S/C15H14O2/c16-15-13-9-5-4-8-12(13)10-14(17-15)11-6-2-1-3-7-11/h1-9,14-16H,10H2/t14-,15+/m1/s1. The van der Waals surface area contributed by atoms with E-state index < -0.39 is 6.29 Å². The van der Waals surface area contributed by atoms with Gasteiger partial charge in [0.05, 0.1) is 6.10 Å². The molecule has 0 aliphatic carbocycles. The van der Waals surface area contributed by atoms with Gasteiger partial charge in [0.15, 0.2) is 6.29 Å². The minimum atomic E-state index is -0.815. The molecule has 2 aromatic carbocycles. The minimum Gasteiger partial charge on any atom is -0.364 e. The van der Waals surface area contributed by atoms with Crippen LogP contribution in [-0.2, 0) is 11.2 Å². The molecule has 0 unspecified atom stereocenters. The summed E-state index contributed by atoms with van der Waals surface area (Å²) in [7, 11) is 0. The molecule has 0 fully saturated rings. The third kappa shape index (κ3) is 1.97. The van der Waals surface area contributed by atoms with Crippen molar-refractivity contribution in [2.75, 3.05) is 0 Å². The van der Waals surface area contributed by atoms with Crippen LogP contribution >= 0.6 is 0 Å². The van der Waals surface area contributed by atoms with E-state index in [1.807, 2.05) is 48.5 Å². The molecule has 0 amide bonds. The van der Waals surface area contributed by atoms with Crippen molar-refractivity contribution in [2.24, 2.45) is 0 Å². The Morgan fingerprint density at radius 1 is 0.941 bits per heavy atom. The summed E-state index contributed by atoms with van der Waals surface area (Å²) in [6, 6.07) is 17.9. The lowest BCUT2D eigenvalue weighted by molar-refractivity contribution is -0.151. The Balaban J connectivity index is 1.94. The second-order valence-electron chi connectivity index (χ2n) is 4.29. The van der Waals surface area contributed by atoms with Gasteiger partial charge in [-0.25, -0.2) is 0 Å². The minimum absolute atomic E-state index is 0.0545. The van der Waals surface area contributed by atoms with Crippen molar-refractivity contribution in [3.8, 4) is 0 Å².